The van der Waals surface area contributed by atoms with E-state index in [-0.39, 0.29) is 57.5 Å². The Labute approximate surface area is 352 Å². The Bertz CT molecular complexity index is 2950. The zero-order valence-corrected chi connectivity index (χ0v) is 35.1. The number of pyridine rings is 3. The fourth-order valence-electron chi connectivity index (χ4n) is 7.17. The van der Waals surface area contributed by atoms with Crippen LogP contribution in [0.3, 0.4) is 0 Å². The molecule has 14 nitrogen and oxygen atoms in total. The highest BCUT2D eigenvalue weighted by molar-refractivity contribution is 7.90. The smallest absolute Gasteiger partial charge is 0.268 e. The summed E-state index contributed by atoms with van der Waals surface area (Å²) in [5.74, 6) is 3.26. The Balaban J connectivity index is 1.17. The van der Waals surface area contributed by atoms with Crippen LogP contribution in [0.4, 0.5) is 14.6 Å². The number of likely N-dealkylation sites (tertiary alicyclic amines) is 1. The first-order chi connectivity index (χ1) is 28.6. The zero-order valence-electron chi connectivity index (χ0n) is 32.7. The maximum absolute atomic E-state index is 14.1. The summed E-state index contributed by atoms with van der Waals surface area (Å²) in [5.41, 5.74) is 1.94. The SMILES string of the molecule is COc1cc(S(=O)(=O)NC(=O)c2csc3c(-c4cc(Cl)ccc4C#CCn4c(C)nc5cnc(N(C)C6CCN(CC(C)(F)F)CC6)c(C#N)c5c4=O)ccnc23)ccn1. The van der Waals surface area contributed by atoms with Gasteiger partial charge in [0.15, 0.2) is 0 Å². The van der Waals surface area contributed by atoms with Gasteiger partial charge in [0.05, 0.1) is 58.0 Å². The summed E-state index contributed by atoms with van der Waals surface area (Å²) in [6.07, 6.45) is 5.37. The maximum Gasteiger partial charge on any atom is 0.268 e. The molecule has 6 heterocycles. The predicted molar refractivity (Wildman–Crippen MR) is 224 cm³/mol. The molecular formula is C41H36ClF2N9O5S2. The summed E-state index contributed by atoms with van der Waals surface area (Å²) in [5, 5.41) is 12.4. The Morgan fingerprint density at radius 3 is 2.60 bits per heavy atom. The molecule has 0 radical (unpaired) electrons. The second-order valence-corrected chi connectivity index (χ2v) is 17.2. The van der Waals surface area contributed by atoms with E-state index in [1.165, 1.54) is 59.1 Å². The molecule has 1 N–H and O–H groups in total. The molecule has 308 valence electrons. The molecule has 6 aromatic rings. The topological polar surface area (TPSA) is 176 Å². The first-order valence-electron chi connectivity index (χ1n) is 18.4. The van der Waals surface area contributed by atoms with E-state index in [0.29, 0.717) is 64.0 Å². The largest absolute Gasteiger partial charge is 0.481 e. The van der Waals surface area contributed by atoms with Gasteiger partial charge >= 0.3 is 0 Å². The van der Waals surface area contributed by atoms with Gasteiger partial charge in [0, 0.05) is 78.7 Å². The average Bonchev–Trinajstić information content (AvgIpc) is 3.66. The van der Waals surface area contributed by atoms with Crippen molar-refractivity contribution in [2.24, 2.45) is 0 Å². The molecule has 0 saturated carbocycles. The summed E-state index contributed by atoms with van der Waals surface area (Å²) < 4.78 is 62.5. The number of methoxy groups -OCH3 is 1. The van der Waals surface area contributed by atoms with E-state index in [0.717, 1.165) is 6.92 Å². The van der Waals surface area contributed by atoms with Crippen LogP contribution in [0.5, 0.6) is 5.88 Å². The van der Waals surface area contributed by atoms with E-state index in [2.05, 4.69) is 42.6 Å². The summed E-state index contributed by atoms with van der Waals surface area (Å²) in [6.45, 7) is 3.09. The predicted octanol–water partition coefficient (Wildman–Crippen LogP) is 6.03. The van der Waals surface area contributed by atoms with Crippen LogP contribution in [0.15, 0.2) is 70.1 Å². The number of nitrogens with zero attached hydrogens (tertiary/aromatic N) is 8. The lowest BCUT2D eigenvalue weighted by molar-refractivity contribution is -0.0198. The van der Waals surface area contributed by atoms with Gasteiger partial charge in [-0.2, -0.15) is 5.26 Å². The molecule has 1 aliphatic heterocycles. The number of fused-ring (bicyclic) bond motifs is 2. The van der Waals surface area contributed by atoms with Crippen molar-refractivity contribution in [1.29, 1.82) is 5.26 Å². The van der Waals surface area contributed by atoms with Gasteiger partial charge in [-0.1, -0.05) is 23.4 Å². The summed E-state index contributed by atoms with van der Waals surface area (Å²) in [7, 11) is -1.15. The van der Waals surface area contributed by atoms with Crippen molar-refractivity contribution in [2.45, 2.75) is 50.1 Å². The Kier molecular flexibility index (Phi) is 11.9. The highest BCUT2D eigenvalue weighted by atomic mass is 35.5. The Hall–Kier alpha value is -6.05. The number of carbonyl (C=O) groups is 1. The fourth-order valence-corrected chi connectivity index (χ4v) is 9.35. The summed E-state index contributed by atoms with van der Waals surface area (Å²) in [6, 6.07) is 11.4. The first kappa shape index (κ1) is 42.1. The van der Waals surface area contributed by atoms with Crippen LogP contribution in [-0.2, 0) is 16.6 Å². The van der Waals surface area contributed by atoms with Crippen LogP contribution in [0.25, 0.3) is 32.2 Å². The molecular weight excluding hydrogens is 836 g/mol. The van der Waals surface area contributed by atoms with E-state index in [1.54, 1.807) is 43.1 Å². The molecule has 5 aromatic heterocycles. The lowest BCUT2D eigenvalue weighted by Gasteiger charge is -2.38. The number of sulfonamides is 1. The molecule has 1 amide bonds. The van der Waals surface area contributed by atoms with Crippen molar-refractivity contribution in [1.82, 2.24) is 34.1 Å². The van der Waals surface area contributed by atoms with Crippen LogP contribution in [0.2, 0.25) is 5.02 Å². The van der Waals surface area contributed by atoms with Crippen LogP contribution in [-0.4, -0.2) is 89.5 Å². The molecule has 7 rings (SSSR count). The minimum atomic E-state index is -4.28. The van der Waals surface area contributed by atoms with Gasteiger partial charge < -0.3 is 9.64 Å². The first-order valence-corrected chi connectivity index (χ1v) is 21.2. The van der Waals surface area contributed by atoms with Gasteiger partial charge in [0.2, 0.25) is 5.88 Å². The summed E-state index contributed by atoms with van der Waals surface area (Å²) in [4.78, 5) is 48.2. The second-order valence-electron chi connectivity index (χ2n) is 14.2. The highest BCUT2D eigenvalue weighted by Crippen LogP contribution is 2.37. The number of halogens is 3. The lowest BCUT2D eigenvalue weighted by atomic mass is 10.00. The van der Waals surface area contributed by atoms with Gasteiger partial charge in [-0.25, -0.2) is 36.9 Å². The number of alkyl halides is 2. The van der Waals surface area contributed by atoms with Crippen molar-refractivity contribution >= 4 is 65.8 Å². The molecule has 1 fully saturated rings. The highest BCUT2D eigenvalue weighted by Gasteiger charge is 2.31. The minimum Gasteiger partial charge on any atom is -0.481 e. The van der Waals surface area contributed by atoms with E-state index in [1.807, 2.05) is 4.90 Å². The van der Waals surface area contributed by atoms with Crippen LogP contribution < -0.4 is 19.9 Å². The molecule has 60 heavy (non-hydrogen) atoms. The number of nitrogens with one attached hydrogen (secondary N) is 1. The van der Waals surface area contributed by atoms with Crippen molar-refractivity contribution in [3.05, 3.63) is 98.3 Å². The number of aryl methyl sites for hydroxylation is 1. The minimum absolute atomic E-state index is 0.0424. The standard InChI is InChI=1S/C41H36ClF2N9O5S2/c1-24-49-33-21-48-38(51(3)27-11-16-52(17-12-27)23-41(2,43)44)31(20-45)35(33)40(55)53(24)15-5-6-25-7-8-26(42)18-30(25)29-10-14-47-36-32(22-59-37(29)36)39(54)50-60(56,57)28-9-13-46-34(19-28)58-4/h7-10,13-14,18-19,21-22,27H,11-12,15-17,23H2,1-4H3,(H,50,54). The quantitative estimate of drug-likeness (QED) is 0.159. The third-order valence-electron chi connectivity index (χ3n) is 10.1. The number of carbonyl (C=O) groups excluding carboxylic acids is 1. The molecule has 0 unspecified atom stereocenters. The van der Waals surface area contributed by atoms with E-state index in [9.17, 15) is 32.0 Å². The van der Waals surface area contributed by atoms with Crippen LogP contribution in [0.1, 0.15) is 47.1 Å². The number of hydrogen-bond acceptors (Lipinski definition) is 13. The molecule has 0 atom stereocenters. The number of aromatic nitrogens is 5. The van der Waals surface area contributed by atoms with Gasteiger partial charge in [0.25, 0.3) is 27.4 Å². The molecule has 0 spiro atoms. The molecule has 19 heteroatoms. The summed E-state index contributed by atoms with van der Waals surface area (Å²) >= 11 is 7.66. The fraction of sp³-hybridized carbons (Fsp3) is 0.293. The molecule has 1 aromatic carbocycles. The normalized spacial score (nSPS) is 13.8. The number of anilines is 1. The molecule has 0 aliphatic carbocycles. The Morgan fingerprint density at radius 2 is 1.88 bits per heavy atom. The average molecular weight is 872 g/mol. The van der Waals surface area contributed by atoms with Gasteiger partial charge in [0.1, 0.15) is 23.3 Å². The Morgan fingerprint density at radius 1 is 1.13 bits per heavy atom. The van der Waals surface area contributed by atoms with Crippen molar-refractivity contribution in [3.8, 4) is 34.9 Å². The number of rotatable bonds is 10. The lowest BCUT2D eigenvalue weighted by Crippen LogP contribution is -2.46. The third-order valence-corrected chi connectivity index (χ3v) is 12.7. The van der Waals surface area contributed by atoms with Gasteiger partial charge in [-0.05, 0) is 50.1 Å². The number of nitriles is 1. The molecule has 1 saturated heterocycles. The van der Waals surface area contributed by atoms with Crippen molar-refractivity contribution in [2.75, 3.05) is 38.7 Å². The zero-order chi connectivity index (χ0) is 42.9. The van der Waals surface area contributed by atoms with Crippen LogP contribution in [0, 0.1) is 30.1 Å². The van der Waals surface area contributed by atoms with Gasteiger partial charge in [-0.3, -0.25) is 24.0 Å². The number of benzene rings is 1. The molecule has 1 aliphatic rings. The number of piperidine rings is 1. The maximum atomic E-state index is 14.1. The van der Waals surface area contributed by atoms with E-state index < -0.39 is 27.4 Å². The number of ether oxygens (including phenoxy) is 1. The monoisotopic (exact) mass is 871 g/mol. The third kappa shape index (κ3) is 8.64. The van der Waals surface area contributed by atoms with Gasteiger partial charge in [-0.15, -0.1) is 11.3 Å². The second kappa shape index (κ2) is 16.9. The number of thiophene rings is 1. The van der Waals surface area contributed by atoms with Crippen molar-refractivity contribution in [3.63, 3.8) is 0 Å². The number of hydrogen-bond donors (Lipinski definition) is 1. The number of amides is 1. The van der Waals surface area contributed by atoms with Crippen LogP contribution >= 0.6 is 22.9 Å². The van der Waals surface area contributed by atoms with E-state index >= 15 is 0 Å². The molecule has 0 bridgehead atoms. The van der Waals surface area contributed by atoms with Crippen molar-refractivity contribution < 1.29 is 26.7 Å². The van der Waals surface area contributed by atoms with E-state index in [4.69, 9.17) is 16.3 Å².